The van der Waals surface area contributed by atoms with Crippen molar-refractivity contribution in [3.05, 3.63) is 57.1 Å². The number of pyridine rings is 1. The third-order valence-corrected chi connectivity index (χ3v) is 4.97. The van der Waals surface area contributed by atoms with Crippen LogP contribution in [0.4, 0.5) is 5.13 Å². The van der Waals surface area contributed by atoms with Crippen molar-refractivity contribution in [2.24, 2.45) is 14.1 Å². The molecular weight excluding hydrogens is 382 g/mol. The topological polar surface area (TPSA) is 117 Å². The molecule has 0 aliphatic rings. The molecule has 10 nitrogen and oxygen atoms in total. The summed E-state index contributed by atoms with van der Waals surface area (Å²) in [6, 6.07) is 3.66. The smallest absolute Gasteiger partial charge is 0.328 e. The van der Waals surface area contributed by atoms with Gasteiger partial charge in [-0.3, -0.25) is 19.1 Å². The van der Waals surface area contributed by atoms with E-state index in [2.05, 4.69) is 20.3 Å². The molecule has 11 heteroatoms. The molecule has 142 valence electrons. The lowest BCUT2D eigenvalue weighted by Crippen LogP contribution is -2.42. The van der Waals surface area contributed by atoms with Gasteiger partial charge in [0.25, 0.3) is 5.56 Å². The summed E-state index contributed by atoms with van der Waals surface area (Å²) in [6.07, 6.45) is 4.79. The quantitative estimate of drug-likeness (QED) is 0.539. The second-order valence-corrected chi connectivity index (χ2v) is 6.95. The van der Waals surface area contributed by atoms with Crippen LogP contribution in [0, 0.1) is 0 Å². The van der Waals surface area contributed by atoms with E-state index >= 15 is 0 Å². The molecule has 0 unspecified atom stereocenters. The average Bonchev–Trinajstić information content (AvgIpc) is 3.31. The van der Waals surface area contributed by atoms with Crippen molar-refractivity contribution >= 4 is 33.5 Å². The van der Waals surface area contributed by atoms with Gasteiger partial charge in [0.05, 0.1) is 12.0 Å². The first-order valence-corrected chi connectivity index (χ1v) is 9.10. The van der Waals surface area contributed by atoms with E-state index in [4.69, 9.17) is 0 Å². The fourth-order valence-electron chi connectivity index (χ4n) is 2.82. The highest BCUT2D eigenvalue weighted by Crippen LogP contribution is 2.23. The minimum Gasteiger partial charge on any atom is -0.328 e. The van der Waals surface area contributed by atoms with Crippen LogP contribution < -0.4 is 16.6 Å². The van der Waals surface area contributed by atoms with Crippen LogP contribution in [-0.2, 0) is 25.4 Å². The average molecular weight is 397 g/mol. The molecule has 4 aromatic rings. The Morgan fingerprint density at radius 2 is 2.11 bits per heavy atom. The summed E-state index contributed by atoms with van der Waals surface area (Å²) < 4.78 is 3.65. The zero-order valence-corrected chi connectivity index (χ0v) is 15.8. The van der Waals surface area contributed by atoms with E-state index in [1.54, 1.807) is 30.9 Å². The number of anilines is 1. The number of aryl methyl sites for hydroxylation is 2. The van der Waals surface area contributed by atoms with Crippen LogP contribution in [0.5, 0.6) is 0 Å². The Kier molecular flexibility index (Phi) is 4.35. The van der Waals surface area contributed by atoms with Gasteiger partial charge in [0, 0.05) is 37.4 Å². The Labute approximate surface area is 161 Å². The molecule has 0 bridgehead atoms. The van der Waals surface area contributed by atoms with Crippen molar-refractivity contribution in [1.29, 1.82) is 0 Å². The molecular formula is C17H15N7O3S. The van der Waals surface area contributed by atoms with E-state index in [0.29, 0.717) is 10.8 Å². The number of amides is 1. The van der Waals surface area contributed by atoms with Crippen LogP contribution in [0.2, 0.25) is 0 Å². The van der Waals surface area contributed by atoms with E-state index < -0.39 is 23.7 Å². The van der Waals surface area contributed by atoms with Crippen LogP contribution in [0.15, 0.2) is 45.8 Å². The Morgan fingerprint density at radius 1 is 1.29 bits per heavy atom. The minimum atomic E-state index is -0.610. The van der Waals surface area contributed by atoms with Crippen LogP contribution >= 0.6 is 11.3 Å². The Hall–Kier alpha value is -3.60. The fourth-order valence-corrected chi connectivity index (χ4v) is 3.55. The number of rotatable bonds is 4. The molecule has 4 aromatic heterocycles. The van der Waals surface area contributed by atoms with Gasteiger partial charge < -0.3 is 9.88 Å². The molecule has 0 aliphatic carbocycles. The maximum absolute atomic E-state index is 12.6. The SMILES string of the molecule is Cn1cnc2c1c(=O)n(CC(=O)Nc1nc(-c3cccnc3)cs1)c(=O)n2C. The van der Waals surface area contributed by atoms with Gasteiger partial charge in [-0.2, -0.15) is 0 Å². The van der Waals surface area contributed by atoms with Gasteiger partial charge in [0.2, 0.25) is 5.91 Å². The summed E-state index contributed by atoms with van der Waals surface area (Å²) in [4.78, 5) is 50.0. The third kappa shape index (κ3) is 3.01. The Balaban J connectivity index is 1.60. The van der Waals surface area contributed by atoms with Gasteiger partial charge in [-0.1, -0.05) is 0 Å². The van der Waals surface area contributed by atoms with Crippen LogP contribution in [0.3, 0.4) is 0 Å². The lowest BCUT2D eigenvalue weighted by molar-refractivity contribution is -0.116. The largest absolute Gasteiger partial charge is 0.332 e. The Morgan fingerprint density at radius 3 is 2.86 bits per heavy atom. The second kappa shape index (κ2) is 6.85. The van der Waals surface area contributed by atoms with Gasteiger partial charge in [0.1, 0.15) is 6.54 Å². The molecule has 4 rings (SSSR count). The number of carbonyl (C=O) groups excluding carboxylic acids is 1. The molecule has 0 atom stereocenters. The summed E-state index contributed by atoms with van der Waals surface area (Å²) in [6.45, 7) is -0.422. The highest BCUT2D eigenvalue weighted by atomic mass is 32.1. The van der Waals surface area contributed by atoms with E-state index in [1.165, 1.54) is 33.8 Å². The molecule has 1 amide bonds. The van der Waals surface area contributed by atoms with Crippen molar-refractivity contribution in [3.8, 4) is 11.3 Å². The molecule has 0 aliphatic heterocycles. The van der Waals surface area contributed by atoms with Gasteiger partial charge in [-0.25, -0.2) is 19.3 Å². The number of thiazole rings is 1. The molecule has 0 saturated heterocycles. The standard InChI is InChI=1S/C17H15N7O3S/c1-22-9-19-14-13(22)15(26)24(17(27)23(14)2)7-12(25)21-16-20-11(8-28-16)10-4-3-5-18-6-10/h3-6,8-9H,7H2,1-2H3,(H,20,21,25). The first-order chi connectivity index (χ1) is 13.5. The zero-order valence-electron chi connectivity index (χ0n) is 15.0. The van der Waals surface area contributed by atoms with Crippen LogP contribution in [0.25, 0.3) is 22.4 Å². The number of fused-ring (bicyclic) bond motifs is 1. The predicted molar refractivity (Wildman–Crippen MR) is 104 cm³/mol. The second-order valence-electron chi connectivity index (χ2n) is 6.09. The van der Waals surface area contributed by atoms with E-state index in [1.807, 2.05) is 6.07 Å². The summed E-state index contributed by atoms with van der Waals surface area (Å²) in [5.74, 6) is -0.521. The monoisotopic (exact) mass is 397 g/mol. The number of imidazole rings is 1. The van der Waals surface area contributed by atoms with Crippen molar-refractivity contribution < 1.29 is 4.79 Å². The normalized spacial score (nSPS) is 11.1. The molecule has 0 aromatic carbocycles. The maximum Gasteiger partial charge on any atom is 0.332 e. The van der Waals surface area contributed by atoms with Crippen molar-refractivity contribution in [3.63, 3.8) is 0 Å². The number of nitrogens with one attached hydrogen (secondary N) is 1. The lowest BCUT2D eigenvalue weighted by Gasteiger charge is -2.08. The van der Waals surface area contributed by atoms with Crippen LogP contribution in [0.1, 0.15) is 0 Å². The fraction of sp³-hybridized carbons (Fsp3) is 0.176. The van der Waals surface area contributed by atoms with Gasteiger partial charge in [-0.05, 0) is 12.1 Å². The van der Waals surface area contributed by atoms with E-state index in [0.717, 1.165) is 10.1 Å². The first-order valence-electron chi connectivity index (χ1n) is 8.22. The maximum atomic E-state index is 12.6. The summed E-state index contributed by atoms with van der Waals surface area (Å²) >= 11 is 1.25. The molecule has 1 N–H and O–H groups in total. The number of carbonyl (C=O) groups is 1. The van der Waals surface area contributed by atoms with Gasteiger partial charge in [0.15, 0.2) is 16.3 Å². The number of nitrogens with zero attached hydrogens (tertiary/aromatic N) is 6. The first kappa shape index (κ1) is 17.8. The molecule has 0 saturated carbocycles. The Bertz CT molecular complexity index is 1300. The molecule has 0 spiro atoms. The summed E-state index contributed by atoms with van der Waals surface area (Å²) in [7, 11) is 3.16. The van der Waals surface area contributed by atoms with Gasteiger partial charge in [-0.15, -0.1) is 11.3 Å². The number of aromatic nitrogens is 6. The molecule has 0 radical (unpaired) electrons. The predicted octanol–water partition coefficient (Wildman–Crippen LogP) is 0.591. The highest BCUT2D eigenvalue weighted by Gasteiger charge is 2.17. The molecule has 4 heterocycles. The lowest BCUT2D eigenvalue weighted by atomic mass is 10.2. The van der Waals surface area contributed by atoms with E-state index in [-0.39, 0.29) is 11.2 Å². The highest BCUT2D eigenvalue weighted by molar-refractivity contribution is 7.14. The van der Waals surface area contributed by atoms with Crippen molar-refractivity contribution in [1.82, 2.24) is 28.7 Å². The van der Waals surface area contributed by atoms with E-state index in [9.17, 15) is 14.4 Å². The zero-order chi connectivity index (χ0) is 19.8. The van der Waals surface area contributed by atoms with Gasteiger partial charge >= 0.3 is 5.69 Å². The number of hydrogen-bond acceptors (Lipinski definition) is 7. The third-order valence-electron chi connectivity index (χ3n) is 4.21. The summed E-state index contributed by atoms with van der Waals surface area (Å²) in [5.41, 5.74) is 0.854. The summed E-state index contributed by atoms with van der Waals surface area (Å²) in [5, 5.41) is 4.79. The van der Waals surface area contributed by atoms with Crippen molar-refractivity contribution in [2.75, 3.05) is 5.32 Å². The minimum absolute atomic E-state index is 0.253. The molecule has 28 heavy (non-hydrogen) atoms. The number of hydrogen-bond donors (Lipinski definition) is 1. The molecule has 0 fully saturated rings. The van der Waals surface area contributed by atoms with Crippen molar-refractivity contribution in [2.45, 2.75) is 6.54 Å². The van der Waals surface area contributed by atoms with Crippen LogP contribution in [-0.4, -0.2) is 34.6 Å².